The van der Waals surface area contributed by atoms with Crippen LogP contribution in [0.4, 0.5) is 0 Å². The predicted octanol–water partition coefficient (Wildman–Crippen LogP) is 3.04. The fraction of sp³-hybridized carbons (Fsp3) is 0.917. The van der Waals surface area contributed by atoms with Crippen molar-refractivity contribution in [1.29, 1.82) is 0 Å². The maximum Gasteiger partial charge on any atom is 0.157 e. The molecule has 2 atom stereocenters. The van der Waals surface area contributed by atoms with Crippen molar-refractivity contribution in [3.8, 4) is 0 Å². The van der Waals surface area contributed by atoms with E-state index in [9.17, 15) is 0 Å². The van der Waals surface area contributed by atoms with E-state index in [1.165, 1.54) is 30.9 Å². The largest absolute Gasteiger partial charge is 0.362 e. The molecule has 2 unspecified atom stereocenters. The molecule has 1 saturated carbocycles. The highest BCUT2D eigenvalue weighted by Crippen LogP contribution is 2.48. The van der Waals surface area contributed by atoms with Crippen LogP contribution >= 0.6 is 11.8 Å². The molecular formula is C12H22N2S. The summed E-state index contributed by atoms with van der Waals surface area (Å²) in [5, 5.41) is 5.38. The number of nitrogens with one attached hydrogen (secondary N) is 1. The average molecular weight is 226 g/mol. The highest BCUT2D eigenvalue weighted by molar-refractivity contribution is 8.14. The first-order valence-electron chi connectivity index (χ1n) is 6.11. The van der Waals surface area contributed by atoms with Crippen LogP contribution in [0.25, 0.3) is 0 Å². The second-order valence-electron chi connectivity index (χ2n) is 5.18. The third kappa shape index (κ3) is 2.90. The molecule has 1 heterocycles. The van der Waals surface area contributed by atoms with E-state index in [0.717, 1.165) is 11.8 Å². The van der Waals surface area contributed by atoms with Crippen molar-refractivity contribution in [2.45, 2.75) is 57.7 Å². The molecule has 2 rings (SSSR count). The van der Waals surface area contributed by atoms with E-state index < -0.39 is 0 Å². The lowest BCUT2D eigenvalue weighted by Crippen LogP contribution is -2.38. The van der Waals surface area contributed by atoms with Crippen LogP contribution in [-0.4, -0.2) is 23.0 Å². The van der Waals surface area contributed by atoms with Gasteiger partial charge >= 0.3 is 0 Å². The monoisotopic (exact) mass is 226 g/mol. The molecule has 1 saturated heterocycles. The topological polar surface area (TPSA) is 24.4 Å². The Bertz CT molecular complexity index is 246. The van der Waals surface area contributed by atoms with E-state index in [1.807, 2.05) is 11.8 Å². The lowest BCUT2D eigenvalue weighted by atomic mass is 10.1. The third-order valence-corrected chi connectivity index (χ3v) is 4.70. The maximum atomic E-state index is 4.76. The molecule has 2 aliphatic rings. The Morgan fingerprint density at radius 3 is 2.73 bits per heavy atom. The van der Waals surface area contributed by atoms with E-state index in [-0.39, 0.29) is 0 Å². The summed E-state index contributed by atoms with van der Waals surface area (Å²) in [4.78, 5) is 4.76. The number of rotatable bonds is 3. The van der Waals surface area contributed by atoms with E-state index in [1.54, 1.807) is 0 Å². The van der Waals surface area contributed by atoms with Crippen LogP contribution in [0.3, 0.4) is 0 Å². The van der Waals surface area contributed by atoms with Gasteiger partial charge in [-0.3, -0.25) is 4.99 Å². The normalized spacial score (nSPS) is 36.3. The summed E-state index contributed by atoms with van der Waals surface area (Å²) in [6.07, 6.45) is 5.31. The Hall–Kier alpha value is -0.180. The second kappa shape index (κ2) is 4.36. The van der Waals surface area contributed by atoms with Crippen LogP contribution in [0.5, 0.6) is 0 Å². The van der Waals surface area contributed by atoms with Gasteiger partial charge in [-0.2, -0.15) is 0 Å². The van der Waals surface area contributed by atoms with Gasteiger partial charge in [-0.15, -0.1) is 0 Å². The van der Waals surface area contributed by atoms with Gasteiger partial charge in [0.15, 0.2) is 5.17 Å². The molecule has 2 fully saturated rings. The molecule has 0 aromatic rings. The van der Waals surface area contributed by atoms with Gasteiger partial charge in [0, 0.05) is 17.8 Å². The van der Waals surface area contributed by atoms with Crippen molar-refractivity contribution in [2.75, 3.05) is 6.54 Å². The zero-order valence-electron chi connectivity index (χ0n) is 10.0. The average Bonchev–Trinajstić information content (AvgIpc) is 2.94. The molecule has 0 aromatic heterocycles. The van der Waals surface area contributed by atoms with E-state index in [0.29, 0.717) is 11.5 Å². The van der Waals surface area contributed by atoms with Crippen LogP contribution in [-0.2, 0) is 0 Å². The van der Waals surface area contributed by atoms with E-state index in [4.69, 9.17) is 4.99 Å². The molecule has 3 heteroatoms. The van der Waals surface area contributed by atoms with Gasteiger partial charge in [0.1, 0.15) is 0 Å². The number of hydrogen-bond donors (Lipinski definition) is 1. The number of amidine groups is 1. The first-order valence-corrected chi connectivity index (χ1v) is 6.99. The molecule has 1 aliphatic heterocycles. The summed E-state index contributed by atoms with van der Waals surface area (Å²) < 4.78 is 0. The van der Waals surface area contributed by atoms with Crippen molar-refractivity contribution < 1.29 is 0 Å². The fourth-order valence-corrected chi connectivity index (χ4v) is 3.34. The summed E-state index contributed by atoms with van der Waals surface area (Å²) >= 11 is 1.91. The maximum absolute atomic E-state index is 4.76. The van der Waals surface area contributed by atoms with Crippen LogP contribution < -0.4 is 5.32 Å². The molecule has 1 aliphatic carbocycles. The third-order valence-electron chi connectivity index (χ3n) is 3.63. The highest BCUT2D eigenvalue weighted by atomic mass is 32.2. The van der Waals surface area contributed by atoms with Crippen LogP contribution in [0.2, 0.25) is 0 Å². The predicted molar refractivity (Wildman–Crippen MR) is 68.5 cm³/mol. The van der Waals surface area contributed by atoms with Crippen molar-refractivity contribution in [2.24, 2.45) is 10.4 Å². The number of nitrogens with zero attached hydrogens (tertiary/aromatic N) is 1. The summed E-state index contributed by atoms with van der Waals surface area (Å²) in [6.45, 7) is 7.88. The molecule has 2 nitrogen and oxygen atoms in total. The van der Waals surface area contributed by atoms with Crippen molar-refractivity contribution >= 4 is 16.9 Å². The minimum atomic E-state index is 0.583. The summed E-state index contributed by atoms with van der Waals surface area (Å²) in [7, 11) is 0. The summed E-state index contributed by atoms with van der Waals surface area (Å²) in [5.74, 6) is 0. The number of thioether (sulfide) groups is 1. The SMILES string of the molecule is CCC1(CN=C2NC(C)CC(C)S2)CC1. The van der Waals surface area contributed by atoms with E-state index in [2.05, 4.69) is 26.1 Å². The molecule has 15 heavy (non-hydrogen) atoms. The Balaban J connectivity index is 1.89. The minimum Gasteiger partial charge on any atom is -0.362 e. The van der Waals surface area contributed by atoms with Gasteiger partial charge < -0.3 is 5.32 Å². The zero-order chi connectivity index (χ0) is 10.9. The Morgan fingerprint density at radius 2 is 2.20 bits per heavy atom. The Morgan fingerprint density at radius 1 is 1.47 bits per heavy atom. The van der Waals surface area contributed by atoms with Crippen LogP contribution in [0.15, 0.2) is 4.99 Å². The first kappa shape index (κ1) is 11.3. The standard InChI is InChI=1S/C12H22N2S/c1-4-12(5-6-12)8-13-11-14-9(2)7-10(3)15-11/h9-10H,4-8H2,1-3H3,(H,13,14). The smallest absolute Gasteiger partial charge is 0.157 e. The van der Waals surface area contributed by atoms with Gasteiger partial charge in [0.05, 0.1) is 0 Å². The number of hydrogen-bond acceptors (Lipinski definition) is 2. The lowest BCUT2D eigenvalue weighted by molar-refractivity contribution is 0.504. The van der Waals surface area contributed by atoms with Gasteiger partial charge in [-0.1, -0.05) is 25.6 Å². The van der Waals surface area contributed by atoms with Gasteiger partial charge in [-0.05, 0) is 38.0 Å². The molecule has 0 radical (unpaired) electrons. The number of aliphatic imine (C=N–C) groups is 1. The zero-order valence-corrected chi connectivity index (χ0v) is 10.9. The Kier molecular flexibility index (Phi) is 3.29. The van der Waals surface area contributed by atoms with Crippen molar-refractivity contribution in [3.63, 3.8) is 0 Å². The van der Waals surface area contributed by atoms with Crippen molar-refractivity contribution in [1.82, 2.24) is 5.32 Å². The second-order valence-corrected chi connectivity index (χ2v) is 6.61. The Labute approximate surface area is 97.3 Å². The fourth-order valence-electron chi connectivity index (χ4n) is 2.16. The quantitative estimate of drug-likeness (QED) is 0.800. The molecule has 1 N–H and O–H groups in total. The molecule has 86 valence electrons. The lowest BCUT2D eigenvalue weighted by Gasteiger charge is -2.27. The van der Waals surface area contributed by atoms with Crippen LogP contribution in [0.1, 0.15) is 46.5 Å². The van der Waals surface area contributed by atoms with Crippen molar-refractivity contribution in [3.05, 3.63) is 0 Å². The molecule has 0 amide bonds. The van der Waals surface area contributed by atoms with E-state index >= 15 is 0 Å². The molecule has 0 aromatic carbocycles. The molecule has 0 spiro atoms. The molecule has 0 bridgehead atoms. The summed E-state index contributed by atoms with van der Waals surface area (Å²) in [6, 6.07) is 0.594. The first-order chi connectivity index (χ1) is 7.13. The van der Waals surface area contributed by atoms with Gasteiger partial charge in [0.2, 0.25) is 0 Å². The summed E-state index contributed by atoms with van der Waals surface area (Å²) in [5.41, 5.74) is 0.583. The van der Waals surface area contributed by atoms with Crippen LogP contribution in [0, 0.1) is 5.41 Å². The molecular weight excluding hydrogens is 204 g/mol. The van der Waals surface area contributed by atoms with Gasteiger partial charge in [0.25, 0.3) is 0 Å². The highest BCUT2D eigenvalue weighted by Gasteiger charge is 2.40. The van der Waals surface area contributed by atoms with Gasteiger partial charge in [-0.25, -0.2) is 0 Å². The minimum absolute atomic E-state index is 0.583.